The number of hydrogen-bond donors (Lipinski definition) is 2. The number of carbonyl (C=O) groups is 2. The minimum Gasteiger partial charge on any atom is -1.00 e. The summed E-state index contributed by atoms with van der Waals surface area (Å²) in [4.78, 5) is 23.7. The van der Waals surface area contributed by atoms with E-state index in [9.17, 15) is 9.59 Å². The Kier molecular flexibility index (Phi) is 11.9. The summed E-state index contributed by atoms with van der Waals surface area (Å²) in [6, 6.07) is 18.6. The van der Waals surface area contributed by atoms with Gasteiger partial charge >= 0.3 is 11.8 Å². The molecule has 0 saturated heterocycles. The van der Waals surface area contributed by atoms with Crippen molar-refractivity contribution in [3.63, 3.8) is 0 Å². The zero-order valence-electron chi connectivity index (χ0n) is 17.0. The number of nitrogens with one attached hydrogen (secondary N) is 2. The van der Waals surface area contributed by atoms with Crippen LogP contribution in [-0.2, 0) is 22.7 Å². The van der Waals surface area contributed by atoms with E-state index in [0.29, 0.717) is 0 Å². The standard InChI is InChI=1S/C22H20N6O2.2ClH/c29-21(17-27-11-3-1-4-12-27)25-23-15-19-7-9-20(10-8-19)16-24-26-22(30)18-28-13-5-2-6-14-28;;/h1-16H,17-18H2;2*1H. The number of carbonyl (C=O) groups excluding carboxylic acids is 2. The van der Waals surface area contributed by atoms with Crippen LogP contribution in [0.15, 0.2) is 95.7 Å². The molecule has 0 aliphatic carbocycles. The molecule has 1 aromatic carbocycles. The minimum absolute atomic E-state index is 0. The van der Waals surface area contributed by atoms with Gasteiger partial charge in [0, 0.05) is 24.3 Å². The molecule has 8 nitrogen and oxygen atoms in total. The summed E-state index contributed by atoms with van der Waals surface area (Å²) in [5, 5.41) is 7.92. The third-order valence-corrected chi connectivity index (χ3v) is 3.95. The molecule has 0 aliphatic rings. The summed E-state index contributed by atoms with van der Waals surface area (Å²) in [6.45, 7) is 0.393. The van der Waals surface area contributed by atoms with Crippen LogP contribution in [0.1, 0.15) is 11.1 Å². The predicted molar refractivity (Wildman–Crippen MR) is 111 cm³/mol. The van der Waals surface area contributed by atoms with E-state index in [4.69, 9.17) is 0 Å². The maximum Gasteiger partial charge on any atom is 0.305 e. The number of aromatic nitrogens is 2. The van der Waals surface area contributed by atoms with Gasteiger partial charge in [0.05, 0.1) is 12.4 Å². The maximum atomic E-state index is 11.8. The number of hydrazone groups is 2. The van der Waals surface area contributed by atoms with Crippen LogP contribution in [0.2, 0.25) is 0 Å². The SMILES string of the molecule is O=C(C[n+]1ccccc1)N/N=C/c1ccc(/C=N/NC(=O)C[n+]2ccccc2)cc1.[Cl-].[Cl-]. The molecule has 0 bridgehead atoms. The van der Waals surface area contributed by atoms with Gasteiger partial charge in [-0.25, -0.2) is 10.9 Å². The first-order valence-electron chi connectivity index (χ1n) is 9.31. The third-order valence-electron chi connectivity index (χ3n) is 3.95. The average molecular weight is 473 g/mol. The second-order valence-corrected chi connectivity index (χ2v) is 6.35. The van der Waals surface area contributed by atoms with Gasteiger partial charge in [-0.1, -0.05) is 36.4 Å². The molecule has 0 aliphatic heterocycles. The molecule has 3 aromatic rings. The molecule has 2 heterocycles. The Balaban J connectivity index is 0.00000256. The van der Waals surface area contributed by atoms with Gasteiger partial charge in [0.25, 0.3) is 0 Å². The van der Waals surface area contributed by atoms with Crippen molar-refractivity contribution in [2.75, 3.05) is 0 Å². The molecule has 0 radical (unpaired) electrons. The number of pyridine rings is 2. The van der Waals surface area contributed by atoms with Crippen LogP contribution in [0.4, 0.5) is 0 Å². The molecule has 2 aromatic heterocycles. The zero-order valence-corrected chi connectivity index (χ0v) is 18.5. The van der Waals surface area contributed by atoms with Crippen molar-refractivity contribution in [3.8, 4) is 0 Å². The first kappa shape index (κ1) is 26.4. The van der Waals surface area contributed by atoms with E-state index in [1.54, 1.807) is 21.6 Å². The molecular weight excluding hydrogens is 451 g/mol. The highest BCUT2D eigenvalue weighted by Crippen LogP contribution is 2.00. The highest BCUT2D eigenvalue weighted by atomic mass is 35.5. The fourth-order valence-corrected chi connectivity index (χ4v) is 2.51. The van der Waals surface area contributed by atoms with Crippen LogP contribution in [-0.4, -0.2) is 24.2 Å². The van der Waals surface area contributed by atoms with E-state index in [-0.39, 0.29) is 49.7 Å². The first-order valence-corrected chi connectivity index (χ1v) is 9.31. The molecule has 2 amide bonds. The molecule has 0 fully saturated rings. The van der Waals surface area contributed by atoms with E-state index in [2.05, 4.69) is 21.1 Å². The zero-order chi connectivity index (χ0) is 21.0. The number of amides is 2. The molecule has 3 rings (SSSR count). The fraction of sp³-hybridized carbons (Fsp3) is 0.0909. The molecule has 0 atom stereocenters. The Morgan fingerprint density at radius 3 is 1.34 bits per heavy atom. The van der Waals surface area contributed by atoms with Gasteiger partial charge in [0.2, 0.25) is 13.1 Å². The van der Waals surface area contributed by atoms with E-state index in [1.807, 2.05) is 85.5 Å². The molecule has 0 saturated carbocycles. The van der Waals surface area contributed by atoms with Crippen LogP contribution in [0.25, 0.3) is 0 Å². The van der Waals surface area contributed by atoms with E-state index >= 15 is 0 Å². The minimum atomic E-state index is -0.212. The normalized spacial score (nSPS) is 10.2. The van der Waals surface area contributed by atoms with Gasteiger partial charge in [-0.2, -0.15) is 19.3 Å². The van der Waals surface area contributed by atoms with Gasteiger partial charge in [0.15, 0.2) is 24.8 Å². The monoisotopic (exact) mass is 472 g/mol. The number of nitrogens with zero attached hydrogens (tertiary/aromatic N) is 4. The second-order valence-electron chi connectivity index (χ2n) is 6.35. The van der Waals surface area contributed by atoms with Crippen LogP contribution in [0.5, 0.6) is 0 Å². The maximum absolute atomic E-state index is 11.8. The van der Waals surface area contributed by atoms with Gasteiger partial charge < -0.3 is 24.8 Å². The Labute approximate surface area is 198 Å². The quantitative estimate of drug-likeness (QED) is 0.194. The van der Waals surface area contributed by atoms with Crippen LogP contribution >= 0.6 is 0 Å². The van der Waals surface area contributed by atoms with Crippen molar-refractivity contribution in [1.29, 1.82) is 0 Å². The molecule has 32 heavy (non-hydrogen) atoms. The number of hydrogen-bond acceptors (Lipinski definition) is 4. The van der Waals surface area contributed by atoms with Crippen LogP contribution < -0.4 is 44.8 Å². The molecule has 2 N–H and O–H groups in total. The number of halogens is 2. The Hall–Kier alpha value is -3.62. The van der Waals surface area contributed by atoms with Crippen molar-refractivity contribution in [2.45, 2.75) is 13.1 Å². The van der Waals surface area contributed by atoms with Crippen molar-refractivity contribution in [3.05, 3.63) is 96.6 Å². The van der Waals surface area contributed by atoms with Crippen LogP contribution in [0, 0.1) is 0 Å². The van der Waals surface area contributed by atoms with Crippen LogP contribution in [0.3, 0.4) is 0 Å². The molecule has 0 spiro atoms. The molecule has 166 valence electrons. The summed E-state index contributed by atoms with van der Waals surface area (Å²) >= 11 is 0. The van der Waals surface area contributed by atoms with E-state index in [0.717, 1.165) is 11.1 Å². The van der Waals surface area contributed by atoms with Crippen molar-refractivity contribution >= 4 is 24.2 Å². The average Bonchev–Trinajstić information content (AvgIpc) is 2.76. The summed E-state index contributed by atoms with van der Waals surface area (Å²) < 4.78 is 3.52. The molecule has 0 unspecified atom stereocenters. The summed E-state index contributed by atoms with van der Waals surface area (Å²) in [5.74, 6) is -0.425. The van der Waals surface area contributed by atoms with Crippen molar-refractivity contribution in [1.82, 2.24) is 10.9 Å². The predicted octanol–water partition coefficient (Wildman–Crippen LogP) is -5.43. The lowest BCUT2D eigenvalue weighted by atomic mass is 10.2. The molecular formula is C22H22Cl2N6O2. The summed E-state index contributed by atoms with van der Waals surface area (Å²) in [7, 11) is 0. The van der Waals surface area contributed by atoms with Crippen molar-refractivity contribution in [2.24, 2.45) is 10.2 Å². The summed E-state index contributed by atoms with van der Waals surface area (Å²) in [5.41, 5.74) is 6.64. The topological polar surface area (TPSA) is 90.7 Å². The van der Waals surface area contributed by atoms with Gasteiger partial charge in [-0.15, -0.1) is 0 Å². The van der Waals surface area contributed by atoms with E-state index in [1.165, 1.54) is 0 Å². The molecule has 10 heteroatoms. The highest BCUT2D eigenvalue weighted by Gasteiger charge is 2.07. The Morgan fingerprint density at radius 2 is 1.00 bits per heavy atom. The highest BCUT2D eigenvalue weighted by molar-refractivity contribution is 5.85. The van der Waals surface area contributed by atoms with Crippen molar-refractivity contribution < 1.29 is 43.5 Å². The smallest absolute Gasteiger partial charge is 0.305 e. The lowest BCUT2D eigenvalue weighted by Crippen LogP contribution is -3.00. The number of benzene rings is 1. The van der Waals surface area contributed by atoms with Gasteiger partial charge in [0.1, 0.15) is 0 Å². The lowest BCUT2D eigenvalue weighted by molar-refractivity contribution is -0.684. The third kappa shape index (κ3) is 9.46. The first-order chi connectivity index (χ1) is 14.7. The Bertz CT molecular complexity index is 945. The fourth-order valence-electron chi connectivity index (χ4n) is 2.51. The second kappa shape index (κ2) is 14.4. The van der Waals surface area contributed by atoms with Gasteiger partial charge in [-0.05, 0) is 11.1 Å². The largest absolute Gasteiger partial charge is 1.00 e. The lowest BCUT2D eigenvalue weighted by Gasteiger charge is -1.98. The Morgan fingerprint density at radius 1 is 0.656 bits per heavy atom. The summed E-state index contributed by atoms with van der Waals surface area (Å²) in [6.07, 6.45) is 10.4. The number of rotatable bonds is 8. The van der Waals surface area contributed by atoms with Gasteiger partial charge in [-0.3, -0.25) is 9.59 Å². The van der Waals surface area contributed by atoms with E-state index < -0.39 is 0 Å².